The van der Waals surface area contributed by atoms with Gasteiger partial charge in [0.15, 0.2) is 0 Å². The third kappa shape index (κ3) is 6.19. The molecule has 19 heavy (non-hydrogen) atoms. The molecule has 2 N–H and O–H groups in total. The summed E-state index contributed by atoms with van der Waals surface area (Å²) in [6.45, 7) is 7.32. The van der Waals surface area contributed by atoms with E-state index in [0.29, 0.717) is 6.04 Å². The first-order chi connectivity index (χ1) is 9.17. The number of aryl methyl sites for hydroxylation is 1. The first-order valence-electron chi connectivity index (χ1n) is 7.26. The molecular weight excluding hydrogens is 236 g/mol. The predicted octanol–water partition coefficient (Wildman–Crippen LogP) is 2.35. The standard InChI is InChI=1S/C16H28N2O/c1-4-10-17-16(9-11-18(3)12-13-19)15-7-5-14(2)6-8-15/h5-8,16-17,19H,4,9-13H2,1-3H3. The number of nitrogens with zero attached hydrogens (tertiary/aromatic N) is 1. The van der Waals surface area contributed by atoms with Gasteiger partial charge in [0, 0.05) is 12.6 Å². The summed E-state index contributed by atoms with van der Waals surface area (Å²) in [6, 6.07) is 9.19. The van der Waals surface area contributed by atoms with Crippen molar-refractivity contribution in [3.05, 3.63) is 35.4 Å². The third-order valence-corrected chi connectivity index (χ3v) is 3.40. The van der Waals surface area contributed by atoms with Crippen LogP contribution in [0, 0.1) is 6.92 Å². The van der Waals surface area contributed by atoms with E-state index in [9.17, 15) is 0 Å². The molecule has 3 heteroatoms. The van der Waals surface area contributed by atoms with Crippen molar-refractivity contribution < 1.29 is 5.11 Å². The van der Waals surface area contributed by atoms with E-state index >= 15 is 0 Å². The largest absolute Gasteiger partial charge is 0.395 e. The zero-order chi connectivity index (χ0) is 14.1. The maximum absolute atomic E-state index is 8.93. The quantitative estimate of drug-likeness (QED) is 0.718. The van der Waals surface area contributed by atoms with Gasteiger partial charge in [0.05, 0.1) is 6.61 Å². The number of likely N-dealkylation sites (N-methyl/N-ethyl adjacent to an activating group) is 1. The molecule has 0 bridgehead atoms. The van der Waals surface area contributed by atoms with Crippen molar-refractivity contribution in [3.8, 4) is 0 Å². The molecule has 1 rings (SSSR count). The van der Waals surface area contributed by atoms with Gasteiger partial charge in [0.2, 0.25) is 0 Å². The minimum Gasteiger partial charge on any atom is -0.395 e. The Hall–Kier alpha value is -0.900. The van der Waals surface area contributed by atoms with E-state index in [1.165, 1.54) is 11.1 Å². The van der Waals surface area contributed by atoms with E-state index in [4.69, 9.17) is 5.11 Å². The first-order valence-corrected chi connectivity index (χ1v) is 7.26. The van der Waals surface area contributed by atoms with Gasteiger partial charge >= 0.3 is 0 Å². The van der Waals surface area contributed by atoms with Crippen LogP contribution in [0.3, 0.4) is 0 Å². The molecule has 1 aromatic rings. The second-order valence-corrected chi connectivity index (χ2v) is 5.23. The fourth-order valence-electron chi connectivity index (χ4n) is 2.14. The highest BCUT2D eigenvalue weighted by Crippen LogP contribution is 2.17. The minimum absolute atomic E-state index is 0.230. The zero-order valence-corrected chi connectivity index (χ0v) is 12.5. The van der Waals surface area contributed by atoms with Gasteiger partial charge in [-0.25, -0.2) is 0 Å². The topological polar surface area (TPSA) is 35.5 Å². The third-order valence-electron chi connectivity index (χ3n) is 3.40. The van der Waals surface area contributed by atoms with E-state index in [1.54, 1.807) is 0 Å². The number of hydrogen-bond acceptors (Lipinski definition) is 3. The van der Waals surface area contributed by atoms with Crippen LogP contribution < -0.4 is 5.32 Å². The van der Waals surface area contributed by atoms with Gasteiger partial charge in [-0.15, -0.1) is 0 Å². The Bertz CT molecular complexity index is 337. The summed E-state index contributed by atoms with van der Waals surface area (Å²) in [6.07, 6.45) is 2.22. The fourth-order valence-corrected chi connectivity index (χ4v) is 2.14. The summed E-state index contributed by atoms with van der Waals surface area (Å²) in [5.41, 5.74) is 2.66. The van der Waals surface area contributed by atoms with E-state index in [-0.39, 0.29) is 6.61 Å². The molecule has 0 aliphatic carbocycles. The van der Waals surface area contributed by atoms with Gasteiger partial charge in [0.1, 0.15) is 0 Å². The summed E-state index contributed by atoms with van der Waals surface area (Å²) >= 11 is 0. The fraction of sp³-hybridized carbons (Fsp3) is 0.625. The number of aliphatic hydroxyl groups excluding tert-OH is 1. The van der Waals surface area contributed by atoms with Crippen molar-refractivity contribution in [2.45, 2.75) is 32.7 Å². The molecule has 0 saturated heterocycles. The Kier molecular flexibility index (Phi) is 7.72. The number of benzene rings is 1. The molecule has 3 nitrogen and oxygen atoms in total. The first kappa shape index (κ1) is 16.2. The molecule has 0 aromatic heterocycles. The van der Waals surface area contributed by atoms with Crippen LogP contribution in [0.15, 0.2) is 24.3 Å². The van der Waals surface area contributed by atoms with Crippen LogP contribution in [0.25, 0.3) is 0 Å². The van der Waals surface area contributed by atoms with Crippen LogP contribution in [0.4, 0.5) is 0 Å². The second-order valence-electron chi connectivity index (χ2n) is 5.23. The molecule has 0 saturated carbocycles. The number of hydrogen-bond donors (Lipinski definition) is 2. The molecule has 1 atom stereocenters. The van der Waals surface area contributed by atoms with Crippen molar-refractivity contribution in [1.82, 2.24) is 10.2 Å². The average molecular weight is 264 g/mol. The van der Waals surface area contributed by atoms with E-state index in [0.717, 1.165) is 32.5 Å². The van der Waals surface area contributed by atoms with Gasteiger partial charge in [-0.1, -0.05) is 36.8 Å². The summed E-state index contributed by atoms with van der Waals surface area (Å²) in [5, 5.41) is 12.5. The van der Waals surface area contributed by atoms with Crippen LogP contribution in [-0.2, 0) is 0 Å². The summed E-state index contributed by atoms with van der Waals surface area (Å²) in [5.74, 6) is 0. The van der Waals surface area contributed by atoms with Crippen LogP contribution in [-0.4, -0.2) is 43.3 Å². The lowest BCUT2D eigenvalue weighted by Crippen LogP contribution is -2.29. The number of rotatable bonds is 9. The summed E-state index contributed by atoms with van der Waals surface area (Å²) in [7, 11) is 2.06. The monoisotopic (exact) mass is 264 g/mol. The molecule has 0 aliphatic rings. The van der Waals surface area contributed by atoms with Crippen LogP contribution >= 0.6 is 0 Å². The molecule has 0 radical (unpaired) electrons. The van der Waals surface area contributed by atoms with Gasteiger partial charge in [-0.2, -0.15) is 0 Å². The molecule has 0 spiro atoms. The van der Waals surface area contributed by atoms with Crippen LogP contribution in [0.1, 0.15) is 36.9 Å². The van der Waals surface area contributed by atoms with Gasteiger partial charge < -0.3 is 15.3 Å². The minimum atomic E-state index is 0.230. The Morgan fingerprint density at radius 1 is 1.21 bits per heavy atom. The number of aliphatic hydroxyl groups is 1. The Morgan fingerprint density at radius 3 is 2.47 bits per heavy atom. The summed E-state index contributed by atoms with van der Waals surface area (Å²) < 4.78 is 0. The lowest BCUT2D eigenvalue weighted by Gasteiger charge is -2.22. The SMILES string of the molecule is CCCNC(CCN(C)CCO)c1ccc(C)cc1. The maximum atomic E-state index is 8.93. The zero-order valence-electron chi connectivity index (χ0n) is 12.5. The smallest absolute Gasteiger partial charge is 0.0558 e. The van der Waals surface area contributed by atoms with Crippen LogP contribution in [0.5, 0.6) is 0 Å². The van der Waals surface area contributed by atoms with E-state index in [2.05, 4.69) is 55.4 Å². The Balaban J connectivity index is 2.58. The van der Waals surface area contributed by atoms with Crippen LogP contribution in [0.2, 0.25) is 0 Å². The van der Waals surface area contributed by atoms with Gasteiger partial charge in [-0.3, -0.25) is 0 Å². The highest BCUT2D eigenvalue weighted by molar-refractivity contribution is 5.24. The van der Waals surface area contributed by atoms with Gasteiger partial charge in [0.25, 0.3) is 0 Å². The van der Waals surface area contributed by atoms with Crippen molar-refractivity contribution >= 4 is 0 Å². The highest BCUT2D eigenvalue weighted by Gasteiger charge is 2.11. The van der Waals surface area contributed by atoms with E-state index in [1.807, 2.05) is 0 Å². The van der Waals surface area contributed by atoms with E-state index < -0.39 is 0 Å². The van der Waals surface area contributed by atoms with Crippen molar-refractivity contribution in [3.63, 3.8) is 0 Å². The molecule has 1 unspecified atom stereocenters. The molecule has 0 fully saturated rings. The van der Waals surface area contributed by atoms with Crippen molar-refractivity contribution in [1.29, 1.82) is 0 Å². The molecule has 0 heterocycles. The lowest BCUT2D eigenvalue weighted by atomic mass is 10.0. The normalized spacial score (nSPS) is 12.9. The molecule has 108 valence electrons. The highest BCUT2D eigenvalue weighted by atomic mass is 16.3. The molecule has 0 aliphatic heterocycles. The maximum Gasteiger partial charge on any atom is 0.0558 e. The average Bonchev–Trinajstić information content (AvgIpc) is 2.40. The second kappa shape index (κ2) is 9.08. The predicted molar refractivity (Wildman–Crippen MR) is 81.4 cm³/mol. The molecule has 1 aromatic carbocycles. The molecule has 0 amide bonds. The Morgan fingerprint density at radius 2 is 1.89 bits per heavy atom. The van der Waals surface area contributed by atoms with Crippen molar-refractivity contribution in [2.75, 3.05) is 33.3 Å². The molecular formula is C16H28N2O. The summed E-state index contributed by atoms with van der Waals surface area (Å²) in [4.78, 5) is 2.18. The van der Waals surface area contributed by atoms with Crippen molar-refractivity contribution in [2.24, 2.45) is 0 Å². The van der Waals surface area contributed by atoms with Gasteiger partial charge in [-0.05, 0) is 45.5 Å². The number of nitrogens with one attached hydrogen (secondary N) is 1. The Labute approximate surface area is 117 Å². The lowest BCUT2D eigenvalue weighted by molar-refractivity contribution is 0.215.